The molecule has 3 nitrogen and oxygen atoms in total. The Morgan fingerprint density at radius 1 is 1.44 bits per heavy atom. The molecule has 0 spiro atoms. The first kappa shape index (κ1) is 13.2. The van der Waals surface area contributed by atoms with E-state index >= 15 is 0 Å². The minimum atomic E-state index is -0.261. The fraction of sp³-hybridized carbons (Fsp3) is 0.500. The van der Waals surface area contributed by atoms with E-state index in [1.807, 2.05) is 0 Å². The van der Waals surface area contributed by atoms with Crippen LogP contribution >= 0.6 is 11.6 Å². The van der Waals surface area contributed by atoms with Crippen LogP contribution in [0.1, 0.15) is 43.0 Å². The molecule has 4 heteroatoms. The number of carbonyl (C=O) groups excluding carboxylic acids is 1. The second kappa shape index (κ2) is 5.19. The predicted octanol–water partition coefficient (Wildman–Crippen LogP) is 3.36. The topological polar surface area (TPSA) is 49.3 Å². The molecule has 1 aromatic rings. The van der Waals surface area contributed by atoms with Gasteiger partial charge in [0, 0.05) is 11.6 Å². The van der Waals surface area contributed by atoms with Crippen molar-refractivity contribution < 1.29 is 9.90 Å². The average Bonchev–Trinajstić information content (AvgIpc) is 2.77. The van der Waals surface area contributed by atoms with Crippen LogP contribution in [-0.2, 0) is 0 Å². The van der Waals surface area contributed by atoms with Gasteiger partial charge in [-0.3, -0.25) is 4.79 Å². The minimum Gasteiger partial charge on any atom is -0.507 e. The van der Waals surface area contributed by atoms with Crippen LogP contribution in [0.4, 0.5) is 0 Å². The molecule has 18 heavy (non-hydrogen) atoms. The van der Waals surface area contributed by atoms with Gasteiger partial charge in [-0.2, -0.15) is 0 Å². The number of phenols is 1. The zero-order valence-electron chi connectivity index (χ0n) is 10.5. The van der Waals surface area contributed by atoms with Crippen molar-refractivity contribution in [1.29, 1.82) is 0 Å². The Kier molecular flexibility index (Phi) is 3.81. The first-order chi connectivity index (χ1) is 8.50. The smallest absolute Gasteiger partial charge is 0.255 e. The summed E-state index contributed by atoms with van der Waals surface area (Å²) in [7, 11) is 0. The van der Waals surface area contributed by atoms with Gasteiger partial charge in [0.1, 0.15) is 5.75 Å². The third-order valence-corrected chi connectivity index (χ3v) is 3.92. The van der Waals surface area contributed by atoms with Gasteiger partial charge in [0.05, 0.1) is 5.56 Å². The van der Waals surface area contributed by atoms with Gasteiger partial charge in [0.2, 0.25) is 0 Å². The molecule has 98 valence electrons. The Hall–Kier alpha value is -1.22. The summed E-state index contributed by atoms with van der Waals surface area (Å²) in [5, 5.41) is 13.0. The van der Waals surface area contributed by atoms with E-state index in [9.17, 15) is 9.90 Å². The Bertz CT molecular complexity index is 453. The van der Waals surface area contributed by atoms with Crippen LogP contribution < -0.4 is 5.32 Å². The molecule has 0 heterocycles. The highest BCUT2D eigenvalue weighted by Gasteiger charge is 2.29. The van der Waals surface area contributed by atoms with Crippen LogP contribution in [0.15, 0.2) is 18.2 Å². The van der Waals surface area contributed by atoms with E-state index in [0.717, 1.165) is 12.8 Å². The maximum Gasteiger partial charge on any atom is 0.255 e. The number of amides is 1. The highest BCUT2D eigenvalue weighted by atomic mass is 35.5. The van der Waals surface area contributed by atoms with Crippen LogP contribution in [-0.4, -0.2) is 17.6 Å². The molecule has 0 radical (unpaired) electrons. The number of rotatable bonds is 3. The lowest BCUT2D eigenvalue weighted by Crippen LogP contribution is -2.34. The molecule has 0 aromatic heterocycles. The Morgan fingerprint density at radius 3 is 2.78 bits per heavy atom. The molecule has 1 aliphatic rings. The first-order valence-electron chi connectivity index (χ1n) is 6.27. The molecule has 0 bridgehead atoms. The average molecular weight is 268 g/mol. The number of halogens is 1. The highest BCUT2D eigenvalue weighted by Crippen LogP contribution is 2.36. The number of hydrogen-bond acceptors (Lipinski definition) is 2. The molecule has 1 fully saturated rings. The zero-order chi connectivity index (χ0) is 13.2. The van der Waals surface area contributed by atoms with Crippen molar-refractivity contribution >= 4 is 17.5 Å². The SMILES string of the molecule is CC1(CNC(=O)c2cc(Cl)ccc2O)CCCC1. The lowest BCUT2D eigenvalue weighted by atomic mass is 9.89. The van der Waals surface area contributed by atoms with E-state index < -0.39 is 0 Å². The van der Waals surface area contributed by atoms with Gasteiger partial charge in [-0.05, 0) is 36.5 Å². The molecule has 0 aliphatic heterocycles. The van der Waals surface area contributed by atoms with Crippen molar-refractivity contribution in [3.63, 3.8) is 0 Å². The zero-order valence-corrected chi connectivity index (χ0v) is 11.3. The van der Waals surface area contributed by atoms with Crippen molar-refractivity contribution in [2.75, 3.05) is 6.54 Å². The maximum absolute atomic E-state index is 12.0. The van der Waals surface area contributed by atoms with Gasteiger partial charge >= 0.3 is 0 Å². The van der Waals surface area contributed by atoms with Gasteiger partial charge in [-0.25, -0.2) is 0 Å². The van der Waals surface area contributed by atoms with Crippen molar-refractivity contribution in [1.82, 2.24) is 5.32 Å². The van der Waals surface area contributed by atoms with E-state index in [2.05, 4.69) is 12.2 Å². The summed E-state index contributed by atoms with van der Waals surface area (Å²) < 4.78 is 0. The van der Waals surface area contributed by atoms with Crippen LogP contribution in [0, 0.1) is 5.41 Å². The van der Waals surface area contributed by atoms with Crippen molar-refractivity contribution in [3.8, 4) is 5.75 Å². The summed E-state index contributed by atoms with van der Waals surface area (Å²) >= 11 is 5.82. The molecule has 0 atom stereocenters. The van der Waals surface area contributed by atoms with E-state index in [1.165, 1.54) is 25.0 Å². The van der Waals surface area contributed by atoms with Crippen molar-refractivity contribution in [3.05, 3.63) is 28.8 Å². The number of benzene rings is 1. The number of aromatic hydroxyl groups is 1. The number of carbonyl (C=O) groups is 1. The lowest BCUT2D eigenvalue weighted by molar-refractivity contribution is 0.0931. The van der Waals surface area contributed by atoms with Crippen molar-refractivity contribution in [2.24, 2.45) is 5.41 Å². The second-order valence-electron chi connectivity index (χ2n) is 5.36. The molecule has 1 saturated carbocycles. The monoisotopic (exact) mass is 267 g/mol. The molecule has 0 unspecified atom stereocenters. The third-order valence-electron chi connectivity index (χ3n) is 3.69. The van der Waals surface area contributed by atoms with Gasteiger partial charge in [0.25, 0.3) is 5.91 Å². The molecule has 0 saturated heterocycles. The molecule has 1 amide bonds. The van der Waals surface area contributed by atoms with Gasteiger partial charge in [-0.1, -0.05) is 31.4 Å². The van der Waals surface area contributed by atoms with Gasteiger partial charge < -0.3 is 10.4 Å². The molecular formula is C14H18ClNO2. The Balaban J connectivity index is 2.01. The van der Waals surface area contributed by atoms with E-state index in [1.54, 1.807) is 6.07 Å². The predicted molar refractivity (Wildman–Crippen MR) is 72.0 cm³/mol. The summed E-state index contributed by atoms with van der Waals surface area (Å²) in [6, 6.07) is 4.49. The Morgan fingerprint density at radius 2 is 2.11 bits per heavy atom. The second-order valence-corrected chi connectivity index (χ2v) is 5.80. The van der Waals surface area contributed by atoms with Crippen LogP contribution in [0.25, 0.3) is 0 Å². The standard InChI is InChI=1S/C14H18ClNO2/c1-14(6-2-3-7-14)9-16-13(18)11-8-10(15)4-5-12(11)17/h4-5,8,17H,2-3,6-7,9H2,1H3,(H,16,18). The third kappa shape index (κ3) is 2.96. The largest absolute Gasteiger partial charge is 0.507 e. The molecule has 2 rings (SSSR count). The molecule has 1 aliphatic carbocycles. The van der Waals surface area contributed by atoms with E-state index in [-0.39, 0.29) is 22.6 Å². The van der Waals surface area contributed by atoms with Crippen molar-refractivity contribution in [2.45, 2.75) is 32.6 Å². The lowest BCUT2D eigenvalue weighted by Gasteiger charge is -2.23. The van der Waals surface area contributed by atoms with E-state index in [0.29, 0.717) is 11.6 Å². The fourth-order valence-corrected chi connectivity index (χ4v) is 2.66. The molecular weight excluding hydrogens is 250 g/mol. The highest BCUT2D eigenvalue weighted by molar-refractivity contribution is 6.31. The maximum atomic E-state index is 12.0. The quantitative estimate of drug-likeness (QED) is 0.882. The minimum absolute atomic E-state index is 0.0338. The summed E-state index contributed by atoms with van der Waals surface area (Å²) in [6.45, 7) is 2.84. The number of hydrogen-bond donors (Lipinski definition) is 2. The van der Waals surface area contributed by atoms with Crippen LogP contribution in [0.2, 0.25) is 5.02 Å². The first-order valence-corrected chi connectivity index (χ1v) is 6.65. The normalized spacial score (nSPS) is 17.7. The number of phenolic OH excluding ortho intramolecular Hbond substituents is 1. The van der Waals surface area contributed by atoms with Gasteiger partial charge in [0.15, 0.2) is 0 Å². The van der Waals surface area contributed by atoms with Crippen LogP contribution in [0.5, 0.6) is 5.75 Å². The van der Waals surface area contributed by atoms with E-state index in [4.69, 9.17) is 11.6 Å². The fourth-order valence-electron chi connectivity index (χ4n) is 2.48. The number of nitrogens with one attached hydrogen (secondary N) is 1. The summed E-state index contributed by atoms with van der Waals surface area (Å²) in [4.78, 5) is 12.0. The van der Waals surface area contributed by atoms with Gasteiger partial charge in [-0.15, -0.1) is 0 Å². The molecule has 2 N–H and O–H groups in total. The Labute approximate surface area is 112 Å². The van der Waals surface area contributed by atoms with Crippen LogP contribution in [0.3, 0.4) is 0 Å². The summed E-state index contributed by atoms with van der Waals surface area (Å²) in [5.41, 5.74) is 0.438. The molecule has 1 aromatic carbocycles. The summed E-state index contributed by atoms with van der Waals surface area (Å²) in [6.07, 6.45) is 4.76. The summed E-state index contributed by atoms with van der Waals surface area (Å²) in [5.74, 6) is -0.295.